The Morgan fingerprint density at radius 3 is 2.50 bits per heavy atom. The molecule has 7 heteroatoms. The number of aryl methyl sites for hydroxylation is 2. The predicted octanol–water partition coefficient (Wildman–Crippen LogP) is 4.38. The highest BCUT2D eigenvalue weighted by molar-refractivity contribution is 6.05. The molecule has 2 saturated heterocycles. The van der Waals surface area contributed by atoms with Gasteiger partial charge in [-0.15, -0.1) is 0 Å². The number of carbonyl (C=O) groups is 3. The van der Waals surface area contributed by atoms with E-state index in [1.807, 2.05) is 12.1 Å². The van der Waals surface area contributed by atoms with Crippen molar-refractivity contribution < 1.29 is 14.4 Å². The summed E-state index contributed by atoms with van der Waals surface area (Å²) in [4.78, 5) is 45.1. The molecule has 0 bridgehead atoms. The van der Waals surface area contributed by atoms with Crippen LogP contribution in [0.25, 0.3) is 4.85 Å². The molecule has 0 saturated carbocycles. The van der Waals surface area contributed by atoms with Gasteiger partial charge in [0, 0.05) is 50.0 Å². The Labute approximate surface area is 225 Å². The zero-order valence-electron chi connectivity index (χ0n) is 22.2. The van der Waals surface area contributed by atoms with Crippen LogP contribution in [0.1, 0.15) is 77.6 Å². The molecule has 0 aromatic heterocycles. The number of rotatable bonds is 8. The summed E-state index contributed by atoms with van der Waals surface area (Å²) in [7, 11) is 0. The fourth-order valence-electron chi connectivity index (χ4n) is 6.19. The second-order valence-corrected chi connectivity index (χ2v) is 11.0. The minimum absolute atomic E-state index is 0.109. The van der Waals surface area contributed by atoms with E-state index in [-0.39, 0.29) is 29.7 Å². The van der Waals surface area contributed by atoms with E-state index in [1.165, 1.54) is 11.1 Å². The number of piperidine rings is 2. The maximum Gasteiger partial charge on any atom is 0.260 e. The molecule has 2 fully saturated rings. The molecule has 38 heavy (non-hydrogen) atoms. The van der Waals surface area contributed by atoms with Crippen molar-refractivity contribution in [3.05, 3.63) is 81.7 Å². The van der Waals surface area contributed by atoms with E-state index in [4.69, 9.17) is 6.57 Å². The van der Waals surface area contributed by atoms with Gasteiger partial charge in [-0.1, -0.05) is 48.4 Å². The summed E-state index contributed by atoms with van der Waals surface area (Å²) in [5.41, 5.74) is 4.91. The predicted molar refractivity (Wildman–Crippen MR) is 145 cm³/mol. The summed E-state index contributed by atoms with van der Waals surface area (Å²) in [6, 6.07) is 13.8. The lowest BCUT2D eigenvalue weighted by Gasteiger charge is -2.34. The number of imide groups is 1. The van der Waals surface area contributed by atoms with E-state index < -0.39 is 6.04 Å². The Balaban J connectivity index is 1.09. The number of fused-ring (bicyclic) bond motifs is 1. The first-order chi connectivity index (χ1) is 18.4. The van der Waals surface area contributed by atoms with Crippen LogP contribution in [0.5, 0.6) is 0 Å². The van der Waals surface area contributed by atoms with Gasteiger partial charge in [0.15, 0.2) is 0 Å². The van der Waals surface area contributed by atoms with E-state index in [2.05, 4.69) is 52.3 Å². The summed E-state index contributed by atoms with van der Waals surface area (Å²) in [6.45, 7) is 13.4. The zero-order chi connectivity index (χ0) is 26.7. The van der Waals surface area contributed by atoms with E-state index in [1.54, 1.807) is 4.90 Å². The summed E-state index contributed by atoms with van der Waals surface area (Å²) < 4.78 is 0. The van der Waals surface area contributed by atoms with E-state index >= 15 is 0 Å². The molecule has 0 spiro atoms. The molecule has 1 atom stereocenters. The average Bonchev–Trinajstić information content (AvgIpc) is 3.26. The average molecular weight is 513 g/mol. The Bertz CT molecular complexity index is 1250. The summed E-state index contributed by atoms with van der Waals surface area (Å²) in [5, 5.41) is 2.37. The molecule has 1 N–H and O–H groups in total. The Morgan fingerprint density at radius 1 is 1.03 bits per heavy atom. The normalized spacial score (nSPS) is 21.2. The van der Waals surface area contributed by atoms with E-state index in [9.17, 15) is 14.4 Å². The van der Waals surface area contributed by atoms with Crippen molar-refractivity contribution in [1.82, 2.24) is 15.1 Å². The lowest BCUT2D eigenvalue weighted by atomic mass is 9.81. The van der Waals surface area contributed by atoms with Crippen molar-refractivity contribution in [2.45, 2.75) is 76.4 Å². The number of hydrogen-bond acceptors (Lipinski definition) is 4. The highest BCUT2D eigenvalue weighted by Crippen LogP contribution is 2.37. The van der Waals surface area contributed by atoms with Gasteiger partial charge in [-0.2, -0.15) is 0 Å². The highest BCUT2D eigenvalue weighted by atomic mass is 16.2. The van der Waals surface area contributed by atoms with Crippen molar-refractivity contribution in [2.24, 2.45) is 0 Å². The number of nitrogens with one attached hydrogen (secondary N) is 1. The molecule has 2 aromatic rings. The van der Waals surface area contributed by atoms with Gasteiger partial charge in [0.25, 0.3) is 11.4 Å². The fraction of sp³-hybridized carbons (Fsp3) is 0.484. The van der Waals surface area contributed by atoms with Crippen LogP contribution in [0.3, 0.4) is 0 Å². The maximum absolute atomic E-state index is 13.0. The van der Waals surface area contributed by atoms with Gasteiger partial charge < -0.3 is 14.6 Å². The van der Waals surface area contributed by atoms with E-state index in [0.29, 0.717) is 18.5 Å². The first-order valence-corrected chi connectivity index (χ1v) is 13.8. The Morgan fingerprint density at radius 2 is 1.79 bits per heavy atom. The van der Waals surface area contributed by atoms with Gasteiger partial charge in [-0.05, 0) is 56.3 Å². The van der Waals surface area contributed by atoms with Gasteiger partial charge >= 0.3 is 0 Å². The van der Waals surface area contributed by atoms with Gasteiger partial charge in [0.1, 0.15) is 6.04 Å². The second kappa shape index (κ2) is 11.1. The summed E-state index contributed by atoms with van der Waals surface area (Å²) in [6.07, 6.45) is 6.60. The molecule has 3 aliphatic heterocycles. The van der Waals surface area contributed by atoms with Gasteiger partial charge in [0.2, 0.25) is 11.8 Å². The third-order valence-corrected chi connectivity index (χ3v) is 8.59. The molecule has 0 aliphatic carbocycles. The van der Waals surface area contributed by atoms with Crippen LogP contribution in [0.15, 0.2) is 42.5 Å². The molecule has 5 rings (SSSR count). The fourth-order valence-corrected chi connectivity index (χ4v) is 6.19. The molecule has 3 aliphatic rings. The minimum atomic E-state index is -0.572. The Kier molecular flexibility index (Phi) is 7.62. The largest absolute Gasteiger partial charge is 0.322 e. The lowest BCUT2D eigenvalue weighted by Crippen LogP contribution is -2.52. The van der Waals surface area contributed by atoms with Crippen LogP contribution in [-0.2, 0) is 28.1 Å². The smallest absolute Gasteiger partial charge is 0.260 e. The monoisotopic (exact) mass is 512 g/mol. The van der Waals surface area contributed by atoms with Crippen LogP contribution in [0, 0.1) is 13.5 Å². The van der Waals surface area contributed by atoms with Crippen molar-refractivity contribution in [1.29, 1.82) is 0 Å². The third-order valence-electron chi connectivity index (χ3n) is 8.59. The van der Waals surface area contributed by atoms with Crippen molar-refractivity contribution >= 4 is 17.7 Å². The molecule has 3 heterocycles. The van der Waals surface area contributed by atoms with Crippen LogP contribution in [0.2, 0.25) is 0 Å². The number of amides is 3. The lowest BCUT2D eigenvalue weighted by molar-refractivity contribution is -0.136. The summed E-state index contributed by atoms with van der Waals surface area (Å²) in [5.74, 6) is -0.741. The molecular weight excluding hydrogens is 476 g/mol. The number of hydrogen-bond donors (Lipinski definition) is 1. The molecule has 3 amide bonds. The molecule has 2 aromatic carbocycles. The molecular formula is C31H36N4O3. The number of benzene rings is 2. The van der Waals surface area contributed by atoms with Gasteiger partial charge in [-0.3, -0.25) is 19.7 Å². The highest BCUT2D eigenvalue weighted by Gasteiger charge is 2.42. The Hall–Kier alpha value is -3.50. The van der Waals surface area contributed by atoms with E-state index in [0.717, 1.165) is 69.3 Å². The number of likely N-dealkylation sites (tertiary alicyclic amines) is 1. The third kappa shape index (κ3) is 5.23. The number of nitrogens with zero attached hydrogens (tertiary/aromatic N) is 3. The zero-order valence-corrected chi connectivity index (χ0v) is 22.2. The molecule has 7 nitrogen and oxygen atoms in total. The molecule has 1 unspecified atom stereocenters. The van der Waals surface area contributed by atoms with Crippen molar-refractivity contribution in [3.63, 3.8) is 0 Å². The quantitative estimate of drug-likeness (QED) is 0.324. The first-order valence-electron chi connectivity index (χ1n) is 13.8. The first kappa shape index (κ1) is 26.1. The number of unbranched alkanes of at least 4 members (excludes halogenated alkanes) is 2. The molecule has 0 radical (unpaired) electrons. The standard InChI is InChI=1S/C31H36N4O3/c1-22-10-12-24(13-11-22)31(32-2)16-19-34(20-17-31)18-5-3-4-7-23-8-6-9-25-26(23)21-35(30(25)38)27-14-15-28(36)33-29(27)37/h6,8-13,27H,3-5,7,14-21H2,1H3,(H,33,36,37). The van der Waals surface area contributed by atoms with Gasteiger partial charge in [0.05, 0.1) is 0 Å². The minimum Gasteiger partial charge on any atom is -0.322 e. The number of carbonyl (C=O) groups excluding carboxylic acids is 3. The maximum atomic E-state index is 13.0. The van der Waals surface area contributed by atoms with Crippen LogP contribution in [0.4, 0.5) is 0 Å². The second-order valence-electron chi connectivity index (χ2n) is 11.0. The van der Waals surface area contributed by atoms with Gasteiger partial charge in [-0.25, -0.2) is 6.57 Å². The van der Waals surface area contributed by atoms with Crippen LogP contribution < -0.4 is 5.32 Å². The van der Waals surface area contributed by atoms with Crippen LogP contribution in [-0.4, -0.2) is 53.2 Å². The van der Waals surface area contributed by atoms with Crippen molar-refractivity contribution in [3.8, 4) is 0 Å². The van der Waals surface area contributed by atoms with Crippen molar-refractivity contribution in [2.75, 3.05) is 19.6 Å². The van der Waals surface area contributed by atoms with Crippen LogP contribution >= 0.6 is 0 Å². The topological polar surface area (TPSA) is 74.1 Å². The SMILES string of the molecule is [C-]#[N+]C1(c2ccc(C)cc2)CCN(CCCCCc2cccc3c2CN(C2CCC(=O)NC2=O)C3=O)CC1. The molecule has 198 valence electrons. The summed E-state index contributed by atoms with van der Waals surface area (Å²) >= 11 is 0.